The fraction of sp³-hybridized carbons (Fsp3) is 0.182. The molecule has 4 aromatic rings. The van der Waals surface area contributed by atoms with Gasteiger partial charge in [0.2, 0.25) is 0 Å². The van der Waals surface area contributed by atoms with Crippen LogP contribution in [0.1, 0.15) is 24.7 Å². The highest BCUT2D eigenvalue weighted by Gasteiger charge is 2.28. The zero-order valence-corrected chi connectivity index (χ0v) is 16.7. The van der Waals surface area contributed by atoms with Gasteiger partial charge < -0.3 is 10.1 Å². The minimum atomic E-state index is -0.105. The van der Waals surface area contributed by atoms with Crippen LogP contribution in [0.15, 0.2) is 64.2 Å². The number of allylic oxidation sites excluding steroid dienone is 1. The number of thioether (sulfide) groups is 1. The second-order valence-corrected chi connectivity index (χ2v) is 8.09. The molecule has 1 saturated carbocycles. The minimum absolute atomic E-state index is 0.0631. The van der Waals surface area contributed by atoms with E-state index in [0.29, 0.717) is 21.9 Å². The van der Waals surface area contributed by atoms with E-state index in [-0.39, 0.29) is 28.7 Å². The van der Waals surface area contributed by atoms with Gasteiger partial charge in [-0.1, -0.05) is 36.0 Å². The first-order valence-corrected chi connectivity index (χ1v) is 10.6. The highest BCUT2D eigenvalue weighted by Crippen LogP contribution is 2.37. The van der Waals surface area contributed by atoms with Gasteiger partial charge in [0.05, 0.1) is 27.7 Å². The number of benzene rings is 2. The molecule has 0 bridgehead atoms. The number of nitrogens with one attached hydrogen (secondary N) is 1. The van der Waals surface area contributed by atoms with E-state index in [0.717, 1.165) is 23.9 Å². The Morgan fingerprint density at radius 1 is 1.17 bits per heavy atom. The topological polar surface area (TPSA) is 108 Å². The number of fused-ring (bicyclic) bond motifs is 2. The van der Waals surface area contributed by atoms with Crippen LogP contribution in [0.2, 0.25) is 0 Å². The van der Waals surface area contributed by atoms with Gasteiger partial charge in [-0.3, -0.25) is 9.36 Å². The molecular formula is C22H17N5O2S. The van der Waals surface area contributed by atoms with Crippen molar-refractivity contribution in [3.8, 4) is 6.07 Å². The molecule has 0 amide bonds. The Kier molecular flexibility index (Phi) is 4.52. The molecule has 2 aromatic carbocycles. The van der Waals surface area contributed by atoms with Crippen LogP contribution in [0.25, 0.3) is 27.5 Å². The summed E-state index contributed by atoms with van der Waals surface area (Å²) in [5.74, 6) is 0.325. The lowest BCUT2D eigenvalue weighted by Crippen LogP contribution is -2.22. The number of aliphatic hydroxyl groups excluding tert-OH is 1. The molecule has 0 spiro atoms. The highest BCUT2D eigenvalue weighted by molar-refractivity contribution is 7.99. The maximum Gasteiger partial charge on any atom is 0.262 e. The third kappa shape index (κ3) is 3.23. The van der Waals surface area contributed by atoms with Gasteiger partial charge in [-0.05, 0) is 37.1 Å². The van der Waals surface area contributed by atoms with E-state index in [9.17, 15) is 15.2 Å². The smallest absolute Gasteiger partial charge is 0.262 e. The number of aromatic nitrogens is 4. The molecule has 1 aliphatic rings. The molecule has 2 aromatic heterocycles. The van der Waals surface area contributed by atoms with Crippen LogP contribution in [0.3, 0.4) is 0 Å². The molecule has 0 saturated heterocycles. The molecule has 0 atom stereocenters. The molecule has 2 N–H and O–H groups in total. The van der Waals surface area contributed by atoms with Gasteiger partial charge in [-0.2, -0.15) is 5.26 Å². The summed E-state index contributed by atoms with van der Waals surface area (Å²) in [6.07, 6.45) is 1.88. The van der Waals surface area contributed by atoms with Crippen molar-refractivity contribution in [3.63, 3.8) is 0 Å². The summed E-state index contributed by atoms with van der Waals surface area (Å²) in [7, 11) is 0. The first-order valence-electron chi connectivity index (χ1n) is 9.57. The quantitative estimate of drug-likeness (QED) is 0.219. The summed E-state index contributed by atoms with van der Waals surface area (Å²) in [4.78, 5) is 25.1. The Hall–Kier alpha value is -3.57. The maximum atomic E-state index is 13.0. The summed E-state index contributed by atoms with van der Waals surface area (Å²) in [5.41, 5.74) is 2.16. The maximum absolute atomic E-state index is 13.0. The van der Waals surface area contributed by atoms with Crippen LogP contribution >= 0.6 is 11.8 Å². The lowest BCUT2D eigenvalue weighted by Gasteiger charge is -2.12. The summed E-state index contributed by atoms with van der Waals surface area (Å²) < 4.78 is 1.72. The van der Waals surface area contributed by atoms with E-state index in [1.54, 1.807) is 10.6 Å². The van der Waals surface area contributed by atoms with Gasteiger partial charge in [0, 0.05) is 6.04 Å². The van der Waals surface area contributed by atoms with Gasteiger partial charge in [-0.25, -0.2) is 9.97 Å². The Morgan fingerprint density at radius 3 is 2.63 bits per heavy atom. The summed E-state index contributed by atoms with van der Waals surface area (Å²) >= 11 is 1.25. The van der Waals surface area contributed by atoms with Crippen molar-refractivity contribution in [2.45, 2.75) is 24.0 Å². The van der Waals surface area contributed by atoms with Crippen molar-refractivity contribution in [1.82, 2.24) is 19.5 Å². The third-order valence-electron chi connectivity index (χ3n) is 5.05. The summed E-state index contributed by atoms with van der Waals surface area (Å²) in [6, 6.07) is 16.9. The molecule has 1 aliphatic carbocycles. The number of nitrogens with zero attached hydrogens (tertiary/aromatic N) is 4. The second-order valence-electron chi connectivity index (χ2n) is 7.14. The fourth-order valence-electron chi connectivity index (χ4n) is 3.41. The van der Waals surface area contributed by atoms with Crippen molar-refractivity contribution in [1.29, 1.82) is 5.26 Å². The number of aromatic amines is 1. The number of imidazole rings is 1. The Labute approximate surface area is 175 Å². The molecule has 0 radical (unpaired) electrons. The predicted octanol–water partition coefficient (Wildman–Crippen LogP) is 4.19. The van der Waals surface area contributed by atoms with Crippen LogP contribution in [-0.2, 0) is 0 Å². The monoisotopic (exact) mass is 415 g/mol. The van der Waals surface area contributed by atoms with Crippen molar-refractivity contribution >= 4 is 39.3 Å². The SMILES string of the molecule is N#C/C(=C(/O)CSc1nc2ccccc2c(=O)n1C1CC1)c1nc2ccccc2[nH]1. The second kappa shape index (κ2) is 7.35. The molecule has 148 valence electrons. The molecule has 0 aliphatic heterocycles. The zero-order chi connectivity index (χ0) is 20.7. The van der Waals surface area contributed by atoms with Gasteiger partial charge in [0.25, 0.3) is 5.56 Å². The lowest BCUT2D eigenvalue weighted by molar-refractivity contribution is 0.420. The van der Waals surface area contributed by atoms with Gasteiger partial charge >= 0.3 is 0 Å². The molecule has 30 heavy (non-hydrogen) atoms. The van der Waals surface area contributed by atoms with Gasteiger partial charge in [0.1, 0.15) is 17.4 Å². The van der Waals surface area contributed by atoms with E-state index in [2.05, 4.69) is 15.0 Å². The number of rotatable bonds is 5. The molecule has 8 heteroatoms. The van der Waals surface area contributed by atoms with E-state index in [1.165, 1.54) is 11.8 Å². The first-order chi connectivity index (χ1) is 14.7. The van der Waals surface area contributed by atoms with E-state index >= 15 is 0 Å². The van der Waals surface area contributed by atoms with Crippen LogP contribution < -0.4 is 5.56 Å². The normalized spacial score (nSPS) is 14.6. The zero-order valence-electron chi connectivity index (χ0n) is 15.9. The minimum Gasteiger partial charge on any atom is -0.510 e. The van der Waals surface area contributed by atoms with Crippen LogP contribution in [-0.4, -0.2) is 30.4 Å². The molecular weight excluding hydrogens is 398 g/mol. The lowest BCUT2D eigenvalue weighted by atomic mass is 10.2. The van der Waals surface area contributed by atoms with Crippen LogP contribution in [0.4, 0.5) is 0 Å². The average molecular weight is 415 g/mol. The Morgan fingerprint density at radius 2 is 1.90 bits per heavy atom. The number of aliphatic hydroxyl groups is 1. The first kappa shape index (κ1) is 18.5. The summed E-state index contributed by atoms with van der Waals surface area (Å²) in [6.45, 7) is 0. The molecule has 5 rings (SSSR count). The van der Waals surface area contributed by atoms with E-state index in [1.807, 2.05) is 48.5 Å². The number of nitriles is 1. The number of hydrogen-bond acceptors (Lipinski definition) is 6. The molecule has 1 fully saturated rings. The van der Waals surface area contributed by atoms with E-state index in [4.69, 9.17) is 0 Å². The highest BCUT2D eigenvalue weighted by atomic mass is 32.2. The number of H-pyrrole nitrogens is 1. The third-order valence-corrected chi connectivity index (χ3v) is 6.02. The van der Waals surface area contributed by atoms with Gasteiger partial charge in [0.15, 0.2) is 11.0 Å². The fourth-order valence-corrected chi connectivity index (χ4v) is 4.36. The van der Waals surface area contributed by atoms with Crippen molar-refractivity contribution in [2.75, 3.05) is 5.75 Å². The Balaban J connectivity index is 1.50. The predicted molar refractivity (Wildman–Crippen MR) is 116 cm³/mol. The van der Waals surface area contributed by atoms with E-state index < -0.39 is 0 Å². The molecule has 0 unspecified atom stereocenters. The molecule has 2 heterocycles. The standard InChI is InChI=1S/C22H17N5O2S/c23-11-15(20-24-17-7-3-4-8-18(17)25-20)19(28)12-30-22-26-16-6-2-1-5-14(16)21(29)27(22)13-9-10-13/h1-8,13,28H,9-10,12H2,(H,24,25)/b19-15-. The van der Waals surface area contributed by atoms with Crippen LogP contribution in [0, 0.1) is 11.3 Å². The number of para-hydroxylation sites is 3. The van der Waals surface area contributed by atoms with Crippen LogP contribution in [0.5, 0.6) is 0 Å². The van der Waals surface area contributed by atoms with Gasteiger partial charge in [-0.15, -0.1) is 0 Å². The Bertz CT molecular complexity index is 1380. The van der Waals surface area contributed by atoms with Crippen molar-refractivity contribution < 1.29 is 5.11 Å². The number of hydrogen-bond donors (Lipinski definition) is 2. The van der Waals surface area contributed by atoms with Crippen molar-refractivity contribution in [3.05, 3.63) is 70.5 Å². The van der Waals surface area contributed by atoms with Crippen molar-refractivity contribution in [2.24, 2.45) is 0 Å². The largest absolute Gasteiger partial charge is 0.510 e. The average Bonchev–Trinajstić information content (AvgIpc) is 3.50. The molecule has 7 nitrogen and oxygen atoms in total. The summed E-state index contributed by atoms with van der Waals surface area (Å²) in [5, 5.41) is 21.4.